The summed E-state index contributed by atoms with van der Waals surface area (Å²) in [5.74, 6) is -2.93. The zero-order chi connectivity index (χ0) is 23.3. The van der Waals surface area contributed by atoms with Gasteiger partial charge >= 0.3 is 11.9 Å². The third-order valence-electron chi connectivity index (χ3n) is 4.29. The van der Waals surface area contributed by atoms with Crippen molar-refractivity contribution >= 4 is 11.9 Å². The van der Waals surface area contributed by atoms with E-state index in [0.29, 0.717) is 17.7 Å². The van der Waals surface area contributed by atoms with E-state index in [1.165, 1.54) is 0 Å². The predicted molar refractivity (Wildman–Crippen MR) is 116 cm³/mol. The minimum Gasteiger partial charge on any atom is -0.491 e. The second-order valence-corrected chi connectivity index (χ2v) is 6.69. The molecule has 0 spiro atoms. The monoisotopic (exact) mass is 434 g/mol. The van der Waals surface area contributed by atoms with Crippen LogP contribution in [0.4, 0.5) is 0 Å². The van der Waals surface area contributed by atoms with Gasteiger partial charge in [-0.3, -0.25) is 4.98 Å². The molecule has 0 aliphatic heterocycles. The number of carboxylic acid groups (broad SMARTS) is 2. The van der Waals surface area contributed by atoms with Crippen LogP contribution in [0.3, 0.4) is 0 Å². The number of nitriles is 1. The number of aliphatic carboxylic acids is 2. The molecule has 1 atom stereocenters. The molecule has 2 aromatic carbocycles. The summed E-state index contributed by atoms with van der Waals surface area (Å²) in [6.45, 7) is 0.253. The zero-order valence-corrected chi connectivity index (χ0v) is 17.1. The van der Waals surface area contributed by atoms with Crippen LogP contribution in [-0.4, -0.2) is 45.0 Å². The van der Waals surface area contributed by atoms with Gasteiger partial charge in [0.1, 0.15) is 12.4 Å². The molecule has 1 aromatic heterocycles. The second-order valence-electron chi connectivity index (χ2n) is 6.69. The first kappa shape index (κ1) is 24.1. The summed E-state index contributed by atoms with van der Waals surface area (Å²) in [6, 6.07) is 21.2. The lowest BCUT2D eigenvalue weighted by Gasteiger charge is -2.13. The summed E-state index contributed by atoms with van der Waals surface area (Å²) in [6.07, 6.45) is 4.43. The van der Waals surface area contributed by atoms with E-state index >= 15 is 0 Å². The van der Waals surface area contributed by atoms with Gasteiger partial charge in [-0.2, -0.15) is 5.26 Å². The molecule has 1 heterocycles. The standard InChI is InChI=1S/C22H20N2O2.C2H2O4/c23-14-18-3-1-5-20(13-18)19-7-10-22(11-8-19)26-16-21(25)9-6-17-4-2-12-24-15-17;3-1(4)2(5)6/h1-5,7-8,10-13,15,21,25H,6,9,16H2;(H,3,4)(H,5,6). The number of nitrogens with zero attached hydrogens (tertiary/aromatic N) is 2. The first-order valence-corrected chi connectivity index (χ1v) is 9.65. The van der Waals surface area contributed by atoms with Crippen molar-refractivity contribution in [1.29, 1.82) is 5.26 Å². The Hall–Kier alpha value is -4.22. The molecule has 3 N–H and O–H groups in total. The molecule has 8 heteroatoms. The van der Waals surface area contributed by atoms with Crippen molar-refractivity contribution in [3.8, 4) is 22.9 Å². The molecule has 0 bridgehead atoms. The van der Waals surface area contributed by atoms with Gasteiger partial charge in [0.15, 0.2) is 0 Å². The molecular weight excluding hydrogens is 412 g/mol. The van der Waals surface area contributed by atoms with E-state index in [-0.39, 0.29) is 6.61 Å². The van der Waals surface area contributed by atoms with Crippen LogP contribution >= 0.6 is 0 Å². The zero-order valence-electron chi connectivity index (χ0n) is 17.1. The molecule has 164 valence electrons. The number of ether oxygens (including phenoxy) is 1. The maximum atomic E-state index is 10.1. The van der Waals surface area contributed by atoms with Gasteiger partial charge < -0.3 is 20.1 Å². The van der Waals surface area contributed by atoms with Gasteiger partial charge in [0, 0.05) is 12.4 Å². The first-order chi connectivity index (χ1) is 15.4. The molecule has 0 saturated heterocycles. The molecule has 0 amide bonds. The fourth-order valence-corrected chi connectivity index (χ4v) is 2.67. The Morgan fingerprint density at radius 2 is 1.72 bits per heavy atom. The first-order valence-electron chi connectivity index (χ1n) is 9.65. The van der Waals surface area contributed by atoms with Gasteiger partial charge in [-0.05, 0) is 59.9 Å². The number of pyridine rings is 1. The minimum atomic E-state index is -1.82. The largest absolute Gasteiger partial charge is 0.491 e. The Bertz CT molecular complexity index is 1050. The average molecular weight is 434 g/mol. The average Bonchev–Trinajstić information content (AvgIpc) is 2.82. The molecule has 0 radical (unpaired) electrons. The molecule has 32 heavy (non-hydrogen) atoms. The number of hydrogen-bond donors (Lipinski definition) is 3. The van der Waals surface area contributed by atoms with E-state index in [1.807, 2.05) is 60.8 Å². The van der Waals surface area contributed by atoms with Crippen LogP contribution in [0.2, 0.25) is 0 Å². The molecule has 8 nitrogen and oxygen atoms in total. The van der Waals surface area contributed by atoms with E-state index in [4.69, 9.17) is 29.8 Å². The van der Waals surface area contributed by atoms with Crippen LogP contribution in [0, 0.1) is 11.3 Å². The van der Waals surface area contributed by atoms with Crippen LogP contribution in [0.1, 0.15) is 17.5 Å². The number of aromatic nitrogens is 1. The third-order valence-corrected chi connectivity index (χ3v) is 4.29. The highest BCUT2D eigenvalue weighted by Crippen LogP contribution is 2.23. The summed E-state index contributed by atoms with van der Waals surface area (Å²) in [4.78, 5) is 22.3. The molecular formula is C24H22N2O6. The van der Waals surface area contributed by atoms with Crippen LogP contribution in [0.15, 0.2) is 73.1 Å². The lowest BCUT2D eigenvalue weighted by molar-refractivity contribution is -0.159. The Morgan fingerprint density at radius 3 is 2.31 bits per heavy atom. The van der Waals surface area contributed by atoms with Gasteiger partial charge in [-0.25, -0.2) is 9.59 Å². The van der Waals surface area contributed by atoms with Gasteiger partial charge in [0.2, 0.25) is 0 Å². The number of aryl methyl sites for hydroxylation is 1. The van der Waals surface area contributed by atoms with Gasteiger partial charge in [-0.1, -0.05) is 30.3 Å². The van der Waals surface area contributed by atoms with E-state index in [9.17, 15) is 5.11 Å². The number of carboxylic acids is 2. The van der Waals surface area contributed by atoms with Gasteiger partial charge in [-0.15, -0.1) is 0 Å². The summed E-state index contributed by atoms with van der Waals surface area (Å²) in [5.41, 5.74) is 3.76. The highest BCUT2D eigenvalue weighted by molar-refractivity contribution is 6.27. The van der Waals surface area contributed by atoms with Crippen molar-refractivity contribution in [1.82, 2.24) is 4.98 Å². The fourth-order valence-electron chi connectivity index (χ4n) is 2.67. The highest BCUT2D eigenvalue weighted by atomic mass is 16.5. The highest BCUT2D eigenvalue weighted by Gasteiger charge is 2.07. The van der Waals surface area contributed by atoms with Crippen LogP contribution in [-0.2, 0) is 16.0 Å². The van der Waals surface area contributed by atoms with E-state index in [1.54, 1.807) is 12.3 Å². The van der Waals surface area contributed by atoms with E-state index in [2.05, 4.69) is 11.1 Å². The number of benzene rings is 2. The molecule has 0 aliphatic rings. The van der Waals surface area contributed by atoms with E-state index in [0.717, 1.165) is 23.1 Å². The maximum absolute atomic E-state index is 10.1. The second kappa shape index (κ2) is 12.5. The summed E-state index contributed by atoms with van der Waals surface area (Å²) >= 11 is 0. The summed E-state index contributed by atoms with van der Waals surface area (Å²) in [5, 5.41) is 33.9. The predicted octanol–water partition coefficient (Wildman–Crippen LogP) is 3.15. The summed E-state index contributed by atoms with van der Waals surface area (Å²) < 4.78 is 5.67. The molecule has 1 unspecified atom stereocenters. The molecule has 3 aromatic rings. The van der Waals surface area contributed by atoms with Crippen molar-refractivity contribution in [2.75, 3.05) is 6.61 Å². The van der Waals surface area contributed by atoms with Crippen molar-refractivity contribution in [2.45, 2.75) is 18.9 Å². The fraction of sp³-hybridized carbons (Fsp3) is 0.167. The lowest BCUT2D eigenvalue weighted by atomic mass is 10.0. The van der Waals surface area contributed by atoms with Crippen molar-refractivity contribution in [3.05, 3.63) is 84.2 Å². The van der Waals surface area contributed by atoms with E-state index < -0.39 is 18.0 Å². The minimum absolute atomic E-state index is 0.253. The number of aliphatic hydroxyl groups is 1. The van der Waals surface area contributed by atoms with Crippen LogP contribution < -0.4 is 4.74 Å². The quantitative estimate of drug-likeness (QED) is 0.482. The molecule has 0 aliphatic carbocycles. The van der Waals surface area contributed by atoms with Gasteiger partial charge in [0.05, 0.1) is 17.7 Å². The van der Waals surface area contributed by atoms with Crippen LogP contribution in [0.5, 0.6) is 5.75 Å². The topological polar surface area (TPSA) is 141 Å². The van der Waals surface area contributed by atoms with Crippen molar-refractivity contribution in [3.63, 3.8) is 0 Å². The Balaban J connectivity index is 0.000000534. The maximum Gasteiger partial charge on any atom is 0.414 e. The number of aliphatic hydroxyl groups excluding tert-OH is 1. The summed E-state index contributed by atoms with van der Waals surface area (Å²) in [7, 11) is 0. The molecule has 0 fully saturated rings. The van der Waals surface area contributed by atoms with Gasteiger partial charge in [0.25, 0.3) is 0 Å². The SMILES string of the molecule is N#Cc1cccc(-c2ccc(OCC(O)CCc3cccnc3)cc2)c1.O=C(O)C(=O)O. The number of carbonyl (C=O) groups is 2. The number of hydrogen-bond acceptors (Lipinski definition) is 6. The smallest absolute Gasteiger partial charge is 0.414 e. The lowest BCUT2D eigenvalue weighted by Crippen LogP contribution is -2.18. The number of rotatable bonds is 7. The molecule has 3 rings (SSSR count). The molecule has 0 saturated carbocycles. The van der Waals surface area contributed by atoms with Crippen molar-refractivity contribution in [2.24, 2.45) is 0 Å². The van der Waals surface area contributed by atoms with Crippen LogP contribution in [0.25, 0.3) is 11.1 Å². The Labute approximate surface area is 185 Å². The normalized spacial score (nSPS) is 10.8. The Morgan fingerprint density at radius 1 is 1.00 bits per heavy atom. The third kappa shape index (κ3) is 8.26. The Kier molecular flexibility index (Phi) is 9.37. The van der Waals surface area contributed by atoms with Crippen molar-refractivity contribution < 1.29 is 29.6 Å².